The molecule has 5 atom stereocenters. The molecule has 1 N–H and O–H groups in total. The van der Waals surface area contributed by atoms with Gasteiger partial charge >= 0.3 is 11.9 Å². The summed E-state index contributed by atoms with van der Waals surface area (Å²) in [4.78, 5) is 22.4. The lowest BCUT2D eigenvalue weighted by Crippen LogP contribution is -2.61. The highest BCUT2D eigenvalue weighted by Crippen LogP contribution is 2.29. The molecular weight excluding hydrogens is 328 g/mol. The minimum absolute atomic E-state index is 0.374. The summed E-state index contributed by atoms with van der Waals surface area (Å²) in [7, 11) is -3.89. The quantitative estimate of drug-likeness (QED) is 0.542. The van der Waals surface area contributed by atoms with Gasteiger partial charge in [0.2, 0.25) is 0 Å². The van der Waals surface area contributed by atoms with E-state index in [1.54, 1.807) is 0 Å². The van der Waals surface area contributed by atoms with Crippen molar-refractivity contribution >= 4 is 21.8 Å². The molecule has 0 saturated carbocycles. The Hall–Kier alpha value is -1.45. The smallest absolute Gasteiger partial charge is 0.303 e. The van der Waals surface area contributed by atoms with Crippen LogP contribution in [-0.4, -0.2) is 61.1 Å². The zero-order chi connectivity index (χ0) is 17.9. The summed E-state index contributed by atoms with van der Waals surface area (Å²) in [6.07, 6.45) is -5.08. The van der Waals surface area contributed by atoms with Gasteiger partial charge in [-0.05, 0) is 13.8 Å². The molecule has 1 heterocycles. The topological polar surface area (TPSA) is 116 Å². The minimum atomic E-state index is -3.89. The van der Waals surface area contributed by atoms with Crippen LogP contribution in [0, 0.1) is 0 Å². The van der Waals surface area contributed by atoms with E-state index in [4.69, 9.17) is 14.2 Å². The standard InChI is InChI=1S/C14H22O8S/c1-7(2)6-23(18,19)14-13(22-10(5)16)11(17)12(8(3)20-14)21-9(4)15/h8,11-14,17H,1,6H2,2-5H3/t8-,11+,12+,13-,14?/m0/s1. The van der Waals surface area contributed by atoms with Crippen LogP contribution in [0.25, 0.3) is 0 Å². The van der Waals surface area contributed by atoms with Gasteiger partial charge in [-0.15, -0.1) is 0 Å². The first-order valence-corrected chi connectivity index (χ1v) is 8.71. The Balaban J connectivity index is 3.17. The molecule has 0 amide bonds. The number of hydrogen-bond donors (Lipinski definition) is 1. The van der Waals surface area contributed by atoms with Crippen LogP contribution >= 0.6 is 0 Å². The molecule has 1 aliphatic heterocycles. The molecule has 1 rings (SSSR count). The van der Waals surface area contributed by atoms with Gasteiger partial charge in [0.15, 0.2) is 27.5 Å². The Morgan fingerprint density at radius 2 is 1.61 bits per heavy atom. The summed E-state index contributed by atoms with van der Waals surface area (Å²) in [5.74, 6) is -1.84. The fourth-order valence-corrected chi connectivity index (χ4v) is 4.20. The van der Waals surface area contributed by atoms with E-state index in [1.165, 1.54) is 13.8 Å². The zero-order valence-corrected chi connectivity index (χ0v) is 14.3. The maximum atomic E-state index is 12.4. The molecule has 8 nitrogen and oxygen atoms in total. The van der Waals surface area contributed by atoms with Crippen molar-refractivity contribution in [2.24, 2.45) is 0 Å². The predicted molar refractivity (Wildman–Crippen MR) is 80.1 cm³/mol. The highest BCUT2D eigenvalue weighted by Gasteiger charge is 2.52. The number of aliphatic hydroxyl groups excluding tert-OH is 1. The van der Waals surface area contributed by atoms with Crippen LogP contribution in [0.1, 0.15) is 27.7 Å². The first-order valence-electron chi connectivity index (χ1n) is 6.99. The summed E-state index contributed by atoms with van der Waals surface area (Å²) in [5, 5.41) is 10.3. The largest absolute Gasteiger partial charge is 0.457 e. The van der Waals surface area contributed by atoms with Gasteiger partial charge in [0.05, 0.1) is 11.9 Å². The van der Waals surface area contributed by atoms with E-state index in [1.807, 2.05) is 0 Å². The molecule has 1 fully saturated rings. The summed E-state index contributed by atoms with van der Waals surface area (Å²) < 4.78 is 40.1. The highest BCUT2D eigenvalue weighted by atomic mass is 32.2. The van der Waals surface area contributed by atoms with E-state index in [9.17, 15) is 23.1 Å². The number of ether oxygens (including phenoxy) is 3. The van der Waals surface area contributed by atoms with Gasteiger partial charge in [-0.25, -0.2) is 8.42 Å². The van der Waals surface area contributed by atoms with Crippen LogP contribution in [0.5, 0.6) is 0 Å². The molecule has 0 spiro atoms. The fraction of sp³-hybridized carbons (Fsp3) is 0.714. The normalized spacial score (nSPS) is 31.3. The van der Waals surface area contributed by atoms with Gasteiger partial charge in [0.1, 0.15) is 6.10 Å². The van der Waals surface area contributed by atoms with E-state index >= 15 is 0 Å². The van der Waals surface area contributed by atoms with Crippen molar-refractivity contribution in [1.29, 1.82) is 0 Å². The third-order valence-corrected chi connectivity index (χ3v) is 5.14. The van der Waals surface area contributed by atoms with Gasteiger partial charge in [0, 0.05) is 13.8 Å². The Morgan fingerprint density at radius 3 is 2.04 bits per heavy atom. The lowest BCUT2D eigenvalue weighted by molar-refractivity contribution is -0.220. The SMILES string of the molecule is C=C(C)CS(=O)(=O)C1O[C@@H](C)[C@@H](OC(C)=O)[C@@H](O)[C@@H]1OC(C)=O. The molecule has 0 aromatic carbocycles. The number of carbonyl (C=O) groups excluding carboxylic acids is 2. The molecule has 1 unspecified atom stereocenters. The molecule has 0 aromatic heterocycles. The summed E-state index contributed by atoms with van der Waals surface area (Å²) in [5.41, 5.74) is -1.20. The molecular formula is C14H22O8S. The number of hydrogen-bond acceptors (Lipinski definition) is 8. The van der Waals surface area contributed by atoms with Crippen LogP contribution in [0.4, 0.5) is 0 Å². The summed E-state index contributed by atoms with van der Waals surface area (Å²) in [6, 6.07) is 0. The van der Waals surface area contributed by atoms with Crippen molar-refractivity contribution < 1.29 is 37.3 Å². The Bertz CT molecular complexity index is 582. The van der Waals surface area contributed by atoms with Crippen LogP contribution in [-0.2, 0) is 33.6 Å². The van der Waals surface area contributed by atoms with E-state index in [2.05, 4.69) is 6.58 Å². The first-order chi connectivity index (χ1) is 10.5. The number of sulfone groups is 1. The average Bonchev–Trinajstić information content (AvgIpc) is 2.35. The van der Waals surface area contributed by atoms with Gasteiger partial charge < -0.3 is 19.3 Å². The van der Waals surface area contributed by atoms with Crippen LogP contribution in [0.2, 0.25) is 0 Å². The van der Waals surface area contributed by atoms with Crippen molar-refractivity contribution in [3.05, 3.63) is 12.2 Å². The van der Waals surface area contributed by atoms with E-state index in [0.29, 0.717) is 5.57 Å². The second kappa shape index (κ2) is 7.41. The molecule has 23 heavy (non-hydrogen) atoms. The van der Waals surface area contributed by atoms with Crippen molar-refractivity contribution in [1.82, 2.24) is 0 Å². The van der Waals surface area contributed by atoms with Crippen LogP contribution < -0.4 is 0 Å². The number of aliphatic hydroxyl groups is 1. The van der Waals surface area contributed by atoms with Crippen LogP contribution in [0.15, 0.2) is 12.2 Å². The summed E-state index contributed by atoms with van der Waals surface area (Å²) in [6.45, 7) is 8.75. The average molecular weight is 350 g/mol. The zero-order valence-electron chi connectivity index (χ0n) is 13.5. The molecule has 1 aliphatic rings. The molecule has 9 heteroatoms. The molecule has 0 aromatic rings. The van der Waals surface area contributed by atoms with E-state index in [0.717, 1.165) is 13.8 Å². The Kier molecular flexibility index (Phi) is 6.32. The molecule has 132 valence electrons. The summed E-state index contributed by atoms with van der Waals surface area (Å²) >= 11 is 0. The van der Waals surface area contributed by atoms with Gasteiger partial charge in [-0.2, -0.15) is 0 Å². The molecule has 1 saturated heterocycles. The van der Waals surface area contributed by atoms with Crippen molar-refractivity contribution in [3.8, 4) is 0 Å². The second-order valence-corrected chi connectivity index (χ2v) is 7.69. The van der Waals surface area contributed by atoms with Crippen molar-refractivity contribution in [2.45, 2.75) is 57.5 Å². The molecule has 0 bridgehead atoms. The van der Waals surface area contributed by atoms with Gasteiger partial charge in [-0.3, -0.25) is 9.59 Å². The monoisotopic (exact) mass is 350 g/mol. The fourth-order valence-electron chi connectivity index (χ4n) is 2.38. The van der Waals surface area contributed by atoms with E-state index < -0.39 is 51.6 Å². The van der Waals surface area contributed by atoms with Gasteiger partial charge in [-0.1, -0.05) is 12.2 Å². The maximum absolute atomic E-state index is 12.4. The number of carbonyl (C=O) groups is 2. The minimum Gasteiger partial charge on any atom is -0.457 e. The van der Waals surface area contributed by atoms with Crippen molar-refractivity contribution in [3.63, 3.8) is 0 Å². The maximum Gasteiger partial charge on any atom is 0.303 e. The van der Waals surface area contributed by atoms with Gasteiger partial charge in [0.25, 0.3) is 0 Å². The molecule has 0 aliphatic carbocycles. The first kappa shape index (κ1) is 19.6. The lowest BCUT2D eigenvalue weighted by atomic mass is 10.0. The predicted octanol–water partition coefficient (Wildman–Crippen LogP) is -0.0536. The Labute approximate surface area is 135 Å². The Morgan fingerprint density at radius 1 is 1.13 bits per heavy atom. The van der Waals surface area contributed by atoms with Crippen LogP contribution in [0.3, 0.4) is 0 Å². The lowest BCUT2D eigenvalue weighted by Gasteiger charge is -2.41. The van der Waals surface area contributed by atoms with E-state index in [-0.39, 0.29) is 5.75 Å². The molecule has 0 radical (unpaired) electrons. The number of rotatable bonds is 5. The number of esters is 2. The third-order valence-electron chi connectivity index (χ3n) is 3.16. The third kappa shape index (κ3) is 5.02. The highest BCUT2D eigenvalue weighted by molar-refractivity contribution is 7.92. The van der Waals surface area contributed by atoms with Crippen molar-refractivity contribution in [2.75, 3.05) is 5.75 Å². The second-order valence-electron chi connectivity index (χ2n) is 5.61.